The summed E-state index contributed by atoms with van der Waals surface area (Å²) in [6, 6.07) is 8.39. The first-order valence-corrected chi connectivity index (χ1v) is 7.25. The fraction of sp³-hybridized carbons (Fsp3) is 0.333. The van der Waals surface area contributed by atoms with Crippen molar-refractivity contribution in [1.29, 1.82) is 0 Å². The zero-order chi connectivity index (χ0) is 13.8. The van der Waals surface area contributed by atoms with Crippen LogP contribution in [0, 0.1) is 6.92 Å². The van der Waals surface area contributed by atoms with Crippen LogP contribution < -0.4 is 5.73 Å². The van der Waals surface area contributed by atoms with Crippen LogP contribution in [0.25, 0.3) is 0 Å². The molecule has 1 aromatic heterocycles. The molecule has 0 amide bonds. The van der Waals surface area contributed by atoms with Gasteiger partial charge >= 0.3 is 0 Å². The van der Waals surface area contributed by atoms with Gasteiger partial charge in [0.1, 0.15) is 11.6 Å². The second-order valence-electron chi connectivity index (χ2n) is 4.70. The van der Waals surface area contributed by atoms with Crippen molar-refractivity contribution in [2.24, 2.45) is 0 Å². The van der Waals surface area contributed by atoms with E-state index < -0.39 is 0 Å². The second kappa shape index (κ2) is 6.15. The van der Waals surface area contributed by atoms with E-state index in [1.165, 1.54) is 11.1 Å². The van der Waals surface area contributed by atoms with Gasteiger partial charge in [-0.25, -0.2) is 9.97 Å². The van der Waals surface area contributed by atoms with Gasteiger partial charge in [0.05, 0.1) is 10.2 Å². The van der Waals surface area contributed by atoms with Crippen molar-refractivity contribution in [3.05, 3.63) is 51.4 Å². The van der Waals surface area contributed by atoms with E-state index in [0.29, 0.717) is 5.82 Å². The Morgan fingerprint density at radius 3 is 2.74 bits per heavy atom. The van der Waals surface area contributed by atoms with Crippen molar-refractivity contribution in [1.82, 2.24) is 9.97 Å². The lowest BCUT2D eigenvalue weighted by atomic mass is 10.1. The van der Waals surface area contributed by atoms with Crippen LogP contribution in [0.5, 0.6) is 0 Å². The number of rotatable bonds is 4. The summed E-state index contributed by atoms with van der Waals surface area (Å²) in [5.41, 5.74) is 9.39. The van der Waals surface area contributed by atoms with Crippen LogP contribution in [0.3, 0.4) is 0 Å². The van der Waals surface area contributed by atoms with E-state index in [2.05, 4.69) is 64.0 Å². The number of anilines is 1. The number of benzene rings is 1. The predicted octanol–water partition coefficient (Wildman–Crippen LogP) is 3.67. The normalized spacial score (nSPS) is 10.7. The van der Waals surface area contributed by atoms with Crippen LogP contribution in [0.4, 0.5) is 5.82 Å². The minimum Gasteiger partial charge on any atom is -0.383 e. The number of halogens is 1. The van der Waals surface area contributed by atoms with Gasteiger partial charge in [-0.1, -0.05) is 43.2 Å². The first kappa shape index (κ1) is 14.0. The van der Waals surface area contributed by atoms with Crippen LogP contribution in [-0.2, 0) is 12.8 Å². The molecule has 4 heteroatoms. The maximum Gasteiger partial charge on any atom is 0.141 e. The molecule has 19 heavy (non-hydrogen) atoms. The number of hydrogen-bond acceptors (Lipinski definition) is 3. The topological polar surface area (TPSA) is 51.8 Å². The molecule has 0 saturated heterocycles. The van der Waals surface area contributed by atoms with E-state index >= 15 is 0 Å². The van der Waals surface area contributed by atoms with Crippen molar-refractivity contribution in [3.8, 4) is 0 Å². The Morgan fingerprint density at radius 2 is 2.05 bits per heavy atom. The van der Waals surface area contributed by atoms with E-state index in [1.54, 1.807) is 0 Å². The summed E-state index contributed by atoms with van der Waals surface area (Å²) < 4.78 is 0.836. The van der Waals surface area contributed by atoms with Crippen molar-refractivity contribution < 1.29 is 0 Å². The molecule has 1 aromatic carbocycles. The molecule has 2 aromatic rings. The van der Waals surface area contributed by atoms with E-state index in [-0.39, 0.29) is 0 Å². The summed E-state index contributed by atoms with van der Waals surface area (Å²) in [7, 11) is 0. The van der Waals surface area contributed by atoms with Gasteiger partial charge in [0, 0.05) is 6.42 Å². The zero-order valence-corrected chi connectivity index (χ0v) is 12.9. The highest BCUT2D eigenvalue weighted by atomic mass is 79.9. The van der Waals surface area contributed by atoms with Crippen LogP contribution in [-0.4, -0.2) is 9.97 Å². The van der Waals surface area contributed by atoms with Crippen LogP contribution in [0.2, 0.25) is 0 Å². The molecule has 2 rings (SSSR count). The maximum absolute atomic E-state index is 5.94. The summed E-state index contributed by atoms with van der Waals surface area (Å²) in [5, 5.41) is 0. The number of hydrogen-bond donors (Lipinski definition) is 1. The van der Waals surface area contributed by atoms with E-state index in [4.69, 9.17) is 5.73 Å². The molecule has 2 N–H and O–H groups in total. The Balaban J connectivity index is 2.30. The number of nitrogens with zero attached hydrogens (tertiary/aromatic N) is 2. The molecule has 0 aliphatic rings. The lowest BCUT2D eigenvalue weighted by Crippen LogP contribution is -2.06. The third kappa shape index (κ3) is 3.53. The van der Waals surface area contributed by atoms with Gasteiger partial charge in [0.2, 0.25) is 0 Å². The van der Waals surface area contributed by atoms with Gasteiger partial charge in [-0.2, -0.15) is 0 Å². The number of aromatic nitrogens is 2. The molecular weight excluding hydrogens is 302 g/mol. The molecule has 3 nitrogen and oxygen atoms in total. The molecule has 0 atom stereocenters. The van der Waals surface area contributed by atoms with Crippen molar-refractivity contribution in [2.45, 2.75) is 33.1 Å². The van der Waals surface area contributed by atoms with Gasteiger partial charge in [-0.15, -0.1) is 0 Å². The standard InChI is InChI=1S/C15H18BrN3/c1-3-5-12-14(16)15(17)19-13(18-12)9-11-7-4-6-10(2)8-11/h4,6-8H,3,5,9H2,1-2H3,(H2,17,18,19). The molecule has 100 valence electrons. The van der Waals surface area contributed by atoms with Gasteiger partial charge < -0.3 is 5.73 Å². The first-order chi connectivity index (χ1) is 9.10. The third-order valence-corrected chi connectivity index (χ3v) is 3.79. The first-order valence-electron chi connectivity index (χ1n) is 6.46. The monoisotopic (exact) mass is 319 g/mol. The summed E-state index contributed by atoms with van der Waals surface area (Å²) in [5.74, 6) is 1.32. The van der Waals surface area contributed by atoms with E-state index in [1.807, 2.05) is 0 Å². The van der Waals surface area contributed by atoms with E-state index in [9.17, 15) is 0 Å². The Kier molecular flexibility index (Phi) is 4.53. The van der Waals surface area contributed by atoms with Crippen molar-refractivity contribution in [2.75, 3.05) is 5.73 Å². The average Bonchev–Trinajstić information content (AvgIpc) is 2.35. The Labute approximate surface area is 122 Å². The van der Waals surface area contributed by atoms with E-state index in [0.717, 1.165) is 35.3 Å². The molecule has 0 bridgehead atoms. The number of nitrogens with two attached hydrogens (primary N) is 1. The highest BCUT2D eigenvalue weighted by molar-refractivity contribution is 9.10. The fourth-order valence-electron chi connectivity index (χ4n) is 2.05. The predicted molar refractivity (Wildman–Crippen MR) is 82.1 cm³/mol. The molecular formula is C15H18BrN3. The SMILES string of the molecule is CCCc1nc(Cc2cccc(C)c2)nc(N)c1Br. The lowest BCUT2D eigenvalue weighted by molar-refractivity contribution is 0.837. The summed E-state index contributed by atoms with van der Waals surface area (Å²) >= 11 is 3.46. The molecule has 0 unspecified atom stereocenters. The molecule has 0 radical (unpaired) electrons. The van der Waals surface area contributed by atoms with Crippen molar-refractivity contribution in [3.63, 3.8) is 0 Å². The highest BCUT2D eigenvalue weighted by Gasteiger charge is 2.10. The summed E-state index contributed by atoms with van der Waals surface area (Å²) in [4.78, 5) is 8.97. The molecule has 1 heterocycles. The van der Waals surface area contributed by atoms with Crippen LogP contribution in [0.1, 0.15) is 36.0 Å². The van der Waals surface area contributed by atoms with Gasteiger partial charge in [-0.3, -0.25) is 0 Å². The second-order valence-corrected chi connectivity index (χ2v) is 5.49. The fourth-order valence-corrected chi connectivity index (χ4v) is 2.43. The molecule has 0 aliphatic heterocycles. The maximum atomic E-state index is 5.94. The largest absolute Gasteiger partial charge is 0.383 e. The van der Waals surface area contributed by atoms with Crippen LogP contribution in [0.15, 0.2) is 28.7 Å². The minimum absolute atomic E-state index is 0.529. The smallest absolute Gasteiger partial charge is 0.141 e. The summed E-state index contributed by atoms with van der Waals surface area (Å²) in [6.45, 7) is 4.22. The highest BCUT2D eigenvalue weighted by Crippen LogP contribution is 2.23. The average molecular weight is 320 g/mol. The number of aryl methyl sites for hydroxylation is 2. The van der Waals surface area contributed by atoms with Crippen LogP contribution >= 0.6 is 15.9 Å². The Morgan fingerprint density at radius 1 is 1.26 bits per heavy atom. The zero-order valence-electron chi connectivity index (χ0n) is 11.3. The van der Waals surface area contributed by atoms with Gasteiger partial charge in [0.25, 0.3) is 0 Å². The molecule has 0 saturated carbocycles. The molecule has 0 spiro atoms. The van der Waals surface area contributed by atoms with Gasteiger partial charge in [-0.05, 0) is 34.8 Å². The van der Waals surface area contributed by atoms with Gasteiger partial charge in [0.15, 0.2) is 0 Å². The minimum atomic E-state index is 0.529. The third-order valence-electron chi connectivity index (χ3n) is 2.92. The van der Waals surface area contributed by atoms with Crippen molar-refractivity contribution >= 4 is 21.7 Å². The quantitative estimate of drug-likeness (QED) is 0.935. The Bertz CT molecular complexity index is 582. The Hall–Kier alpha value is -1.42. The molecule has 0 fully saturated rings. The number of nitrogen functional groups attached to an aromatic ring is 1. The summed E-state index contributed by atoms with van der Waals surface area (Å²) in [6.07, 6.45) is 2.67. The molecule has 0 aliphatic carbocycles. The lowest BCUT2D eigenvalue weighted by Gasteiger charge is -2.08.